The zero-order valence-corrected chi connectivity index (χ0v) is 8.39. The van der Waals surface area contributed by atoms with E-state index in [2.05, 4.69) is 0 Å². The van der Waals surface area contributed by atoms with Crippen molar-refractivity contribution in [3.8, 4) is 5.75 Å². The highest BCUT2D eigenvalue weighted by Gasteiger charge is 2.36. The summed E-state index contributed by atoms with van der Waals surface area (Å²) in [6.45, 7) is 2.35. The van der Waals surface area contributed by atoms with Crippen LogP contribution < -0.4 is 5.32 Å². The predicted octanol–water partition coefficient (Wildman–Crippen LogP) is 3.06. The lowest BCUT2D eigenvalue weighted by atomic mass is 10.2. The summed E-state index contributed by atoms with van der Waals surface area (Å²) >= 11 is 0. The maximum Gasteiger partial charge on any atom is 0.354 e. The van der Waals surface area contributed by atoms with Crippen LogP contribution in [0.25, 0.3) is 0 Å². The molecule has 1 rings (SSSR count). The molecule has 0 aliphatic carbocycles. The number of phenols is 1. The first kappa shape index (κ1) is 11.7. The summed E-state index contributed by atoms with van der Waals surface area (Å²) in [5.41, 5.74) is 0.526. The summed E-state index contributed by atoms with van der Waals surface area (Å²) in [6.07, 6.45) is -2.31. The molecule has 2 nitrogen and oxygen atoms in total. The molecule has 15 heavy (non-hydrogen) atoms. The van der Waals surface area contributed by atoms with Crippen LogP contribution in [-0.2, 0) is 0 Å². The van der Waals surface area contributed by atoms with Crippen LogP contribution in [0.2, 0.25) is 0 Å². The first-order valence-electron chi connectivity index (χ1n) is 4.42. The molecule has 0 heterocycles. The number of hydrogen-bond donors (Lipinski definition) is 2. The molecule has 0 amide bonds. The van der Waals surface area contributed by atoms with Gasteiger partial charge in [-0.1, -0.05) is 6.07 Å². The molecule has 5 heteroatoms. The van der Waals surface area contributed by atoms with Crippen molar-refractivity contribution in [1.82, 2.24) is 0 Å². The number of hydrogen-bond acceptors (Lipinski definition) is 2. The van der Waals surface area contributed by atoms with Crippen LogP contribution in [0.3, 0.4) is 0 Å². The molecule has 1 unspecified atom stereocenters. The second-order valence-corrected chi connectivity index (χ2v) is 3.36. The van der Waals surface area contributed by atoms with E-state index >= 15 is 0 Å². The van der Waals surface area contributed by atoms with Crippen molar-refractivity contribution in [3.63, 3.8) is 0 Å². The zero-order chi connectivity index (χ0) is 11.6. The van der Waals surface area contributed by atoms with Gasteiger partial charge < -0.3 is 10.4 Å². The molecule has 0 saturated carbocycles. The molecule has 0 aliphatic heterocycles. The third kappa shape index (κ3) is 2.78. The van der Waals surface area contributed by atoms with Crippen molar-refractivity contribution < 1.29 is 18.3 Å². The minimum Gasteiger partial charge on any atom is -0.508 e. The Morgan fingerprint density at radius 3 is 2.53 bits per heavy atom. The standard InChI is InChI=1S/C10H12F3NO/c1-6-3-4-8(15)5-9(6)14-10(12,13)7(2)11/h3-5,7,14-15H,1-2H3. The van der Waals surface area contributed by atoms with Gasteiger partial charge in [0, 0.05) is 11.8 Å². The minimum atomic E-state index is -3.64. The van der Waals surface area contributed by atoms with Gasteiger partial charge in [-0.3, -0.25) is 0 Å². The van der Waals surface area contributed by atoms with Gasteiger partial charge in [-0.25, -0.2) is 4.39 Å². The number of aryl methyl sites for hydroxylation is 1. The molecule has 1 aromatic carbocycles. The van der Waals surface area contributed by atoms with Gasteiger partial charge in [0.1, 0.15) is 5.75 Å². The van der Waals surface area contributed by atoms with E-state index in [1.807, 2.05) is 0 Å². The highest BCUT2D eigenvalue weighted by molar-refractivity contribution is 5.55. The molecular formula is C10H12F3NO. The van der Waals surface area contributed by atoms with Crippen molar-refractivity contribution in [2.45, 2.75) is 26.1 Å². The van der Waals surface area contributed by atoms with Crippen LogP contribution in [0, 0.1) is 6.92 Å². The summed E-state index contributed by atoms with van der Waals surface area (Å²) in [5.74, 6) is -0.148. The highest BCUT2D eigenvalue weighted by Crippen LogP contribution is 2.28. The summed E-state index contributed by atoms with van der Waals surface area (Å²) in [5, 5.41) is 10.9. The average Bonchev–Trinajstić information content (AvgIpc) is 2.10. The number of anilines is 1. The monoisotopic (exact) mass is 219 g/mol. The van der Waals surface area contributed by atoms with Crippen LogP contribution in [0.15, 0.2) is 18.2 Å². The molecule has 0 fully saturated rings. The summed E-state index contributed by atoms with van der Waals surface area (Å²) in [6, 6.07) is 0.332. The van der Waals surface area contributed by atoms with Gasteiger partial charge in [-0.05, 0) is 25.5 Å². The quantitative estimate of drug-likeness (QED) is 0.766. The fraction of sp³-hybridized carbons (Fsp3) is 0.400. The summed E-state index contributed by atoms with van der Waals surface area (Å²) in [4.78, 5) is 0. The lowest BCUT2D eigenvalue weighted by Gasteiger charge is -2.21. The van der Waals surface area contributed by atoms with Gasteiger partial charge in [-0.15, -0.1) is 0 Å². The smallest absolute Gasteiger partial charge is 0.354 e. The van der Waals surface area contributed by atoms with Gasteiger partial charge in [0.05, 0.1) is 0 Å². The first-order valence-corrected chi connectivity index (χ1v) is 4.42. The van der Waals surface area contributed by atoms with E-state index in [-0.39, 0.29) is 11.4 Å². The molecule has 0 radical (unpaired) electrons. The molecule has 0 saturated heterocycles. The predicted molar refractivity (Wildman–Crippen MR) is 52.0 cm³/mol. The molecule has 1 atom stereocenters. The summed E-state index contributed by atoms with van der Waals surface area (Å²) in [7, 11) is 0. The second-order valence-electron chi connectivity index (χ2n) is 3.36. The lowest BCUT2D eigenvalue weighted by Crippen LogP contribution is -2.36. The Hall–Kier alpha value is -1.39. The van der Waals surface area contributed by atoms with Gasteiger partial charge in [0.15, 0.2) is 6.17 Å². The Labute approximate surface area is 85.7 Å². The maximum atomic E-state index is 13.0. The average molecular weight is 219 g/mol. The maximum absolute atomic E-state index is 13.0. The van der Waals surface area contributed by atoms with Gasteiger partial charge in [0.25, 0.3) is 0 Å². The Morgan fingerprint density at radius 1 is 1.40 bits per heavy atom. The van der Waals surface area contributed by atoms with Crippen LogP contribution in [-0.4, -0.2) is 17.3 Å². The molecule has 0 aliphatic rings. The van der Waals surface area contributed by atoms with Crippen LogP contribution in [0.1, 0.15) is 12.5 Å². The second kappa shape index (κ2) is 4.00. The van der Waals surface area contributed by atoms with Crippen molar-refractivity contribution in [1.29, 1.82) is 0 Å². The molecule has 0 bridgehead atoms. The van der Waals surface area contributed by atoms with Crippen molar-refractivity contribution in [3.05, 3.63) is 23.8 Å². The molecule has 2 N–H and O–H groups in total. The number of phenolic OH excluding ortho intramolecular Hbond substituents is 1. The lowest BCUT2D eigenvalue weighted by molar-refractivity contribution is -0.0378. The van der Waals surface area contributed by atoms with Crippen molar-refractivity contribution in [2.75, 3.05) is 5.32 Å². The molecular weight excluding hydrogens is 207 g/mol. The highest BCUT2D eigenvalue weighted by atomic mass is 19.3. The van der Waals surface area contributed by atoms with Crippen LogP contribution in [0.5, 0.6) is 5.75 Å². The van der Waals surface area contributed by atoms with E-state index < -0.39 is 12.2 Å². The molecule has 0 aromatic heterocycles. The van der Waals surface area contributed by atoms with E-state index in [9.17, 15) is 13.2 Å². The number of halogens is 3. The van der Waals surface area contributed by atoms with E-state index in [4.69, 9.17) is 5.11 Å². The van der Waals surface area contributed by atoms with E-state index in [0.29, 0.717) is 5.56 Å². The third-order valence-corrected chi connectivity index (χ3v) is 2.02. The van der Waals surface area contributed by atoms with Crippen LogP contribution in [0.4, 0.5) is 18.9 Å². The fourth-order valence-corrected chi connectivity index (χ4v) is 1.02. The normalized spacial score (nSPS) is 13.7. The number of nitrogens with one attached hydrogen (secondary N) is 1. The van der Waals surface area contributed by atoms with E-state index in [0.717, 1.165) is 13.0 Å². The minimum absolute atomic E-state index is 0.0181. The van der Waals surface area contributed by atoms with Gasteiger partial charge in [-0.2, -0.15) is 8.78 Å². The zero-order valence-electron chi connectivity index (χ0n) is 8.39. The molecule has 0 spiro atoms. The number of benzene rings is 1. The Morgan fingerprint density at radius 2 is 2.00 bits per heavy atom. The van der Waals surface area contributed by atoms with E-state index in [1.165, 1.54) is 12.1 Å². The fourth-order valence-electron chi connectivity index (χ4n) is 1.02. The molecule has 84 valence electrons. The number of rotatable bonds is 3. The number of alkyl halides is 3. The Balaban J connectivity index is 2.94. The first-order chi connectivity index (χ1) is 6.83. The Bertz CT molecular complexity index is 353. The largest absolute Gasteiger partial charge is 0.508 e. The number of aromatic hydroxyl groups is 1. The topological polar surface area (TPSA) is 32.3 Å². The van der Waals surface area contributed by atoms with Crippen molar-refractivity contribution >= 4 is 5.69 Å². The van der Waals surface area contributed by atoms with Gasteiger partial charge in [0.2, 0.25) is 0 Å². The Kier molecular flexibility index (Phi) is 3.12. The summed E-state index contributed by atoms with van der Waals surface area (Å²) < 4.78 is 38.5. The van der Waals surface area contributed by atoms with E-state index in [1.54, 1.807) is 12.2 Å². The van der Waals surface area contributed by atoms with Gasteiger partial charge >= 0.3 is 6.05 Å². The third-order valence-electron chi connectivity index (χ3n) is 2.02. The van der Waals surface area contributed by atoms with Crippen LogP contribution >= 0.6 is 0 Å². The molecule has 1 aromatic rings. The SMILES string of the molecule is Cc1ccc(O)cc1NC(F)(F)C(C)F. The van der Waals surface area contributed by atoms with Crippen molar-refractivity contribution in [2.24, 2.45) is 0 Å².